The summed E-state index contributed by atoms with van der Waals surface area (Å²) in [5, 5.41) is 4.29. The maximum atomic E-state index is 4.64. The van der Waals surface area contributed by atoms with Crippen molar-refractivity contribution in [3.05, 3.63) is 72.3 Å². The molecule has 27 heavy (non-hydrogen) atoms. The van der Waals surface area contributed by atoms with Crippen LogP contribution < -0.4 is 4.90 Å². The molecule has 1 aliphatic rings. The van der Waals surface area contributed by atoms with E-state index in [9.17, 15) is 0 Å². The van der Waals surface area contributed by atoms with E-state index in [1.54, 1.807) is 0 Å². The maximum absolute atomic E-state index is 4.64. The summed E-state index contributed by atoms with van der Waals surface area (Å²) in [6.45, 7) is 5.17. The van der Waals surface area contributed by atoms with Gasteiger partial charge in [-0.15, -0.1) is 0 Å². The second kappa shape index (κ2) is 7.92. The van der Waals surface area contributed by atoms with Crippen molar-refractivity contribution >= 4 is 5.69 Å². The molecule has 0 spiro atoms. The zero-order valence-corrected chi connectivity index (χ0v) is 16.1. The van der Waals surface area contributed by atoms with Crippen LogP contribution in [0.2, 0.25) is 0 Å². The van der Waals surface area contributed by atoms with Gasteiger partial charge in [0, 0.05) is 49.5 Å². The van der Waals surface area contributed by atoms with Gasteiger partial charge in [-0.2, -0.15) is 5.10 Å². The van der Waals surface area contributed by atoms with E-state index < -0.39 is 0 Å². The Labute approximate surface area is 161 Å². The normalized spacial score (nSPS) is 15.4. The fourth-order valence-corrected chi connectivity index (χ4v) is 3.87. The number of aromatic nitrogens is 3. The zero-order chi connectivity index (χ0) is 18.6. The molecule has 0 radical (unpaired) electrons. The molecule has 0 bridgehead atoms. The molecule has 3 heterocycles. The second-order valence-electron chi connectivity index (χ2n) is 7.37. The Morgan fingerprint density at radius 1 is 1.00 bits per heavy atom. The lowest BCUT2D eigenvalue weighted by Crippen LogP contribution is -2.43. The van der Waals surface area contributed by atoms with E-state index in [1.165, 1.54) is 18.5 Å². The van der Waals surface area contributed by atoms with Gasteiger partial charge in [0.1, 0.15) is 0 Å². The number of hydrogen-bond donors (Lipinski definition) is 0. The molecule has 0 saturated carbocycles. The van der Waals surface area contributed by atoms with Gasteiger partial charge in [-0.05, 0) is 69.3 Å². The van der Waals surface area contributed by atoms with Crippen molar-refractivity contribution in [3.8, 4) is 5.69 Å². The van der Waals surface area contributed by atoms with Crippen molar-refractivity contribution in [1.82, 2.24) is 19.7 Å². The first-order valence-corrected chi connectivity index (χ1v) is 9.67. The minimum Gasteiger partial charge on any atom is -0.371 e. The molecule has 0 amide bonds. The Morgan fingerprint density at radius 2 is 1.74 bits per heavy atom. The summed E-state index contributed by atoms with van der Waals surface area (Å²) < 4.78 is 1.89. The van der Waals surface area contributed by atoms with Crippen LogP contribution in [-0.4, -0.2) is 45.8 Å². The Balaban J connectivity index is 1.33. The van der Waals surface area contributed by atoms with Crippen molar-refractivity contribution < 1.29 is 0 Å². The topological polar surface area (TPSA) is 37.2 Å². The minimum atomic E-state index is 0.618. The number of benzene rings is 1. The average Bonchev–Trinajstić information content (AvgIpc) is 3.23. The van der Waals surface area contributed by atoms with Crippen LogP contribution in [0.25, 0.3) is 5.69 Å². The summed E-state index contributed by atoms with van der Waals surface area (Å²) in [4.78, 5) is 9.59. The predicted octanol–water partition coefficient (Wildman–Crippen LogP) is 3.68. The van der Waals surface area contributed by atoms with Gasteiger partial charge in [-0.3, -0.25) is 9.88 Å². The van der Waals surface area contributed by atoms with Gasteiger partial charge >= 0.3 is 0 Å². The number of piperidine rings is 1. The molecular formula is C22H27N5. The molecule has 1 aliphatic heterocycles. The summed E-state index contributed by atoms with van der Waals surface area (Å²) in [6.07, 6.45) is 6.15. The van der Waals surface area contributed by atoms with E-state index in [0.717, 1.165) is 36.7 Å². The molecule has 0 atom stereocenters. The van der Waals surface area contributed by atoms with E-state index in [1.807, 2.05) is 23.1 Å². The SMILES string of the molecule is Cc1cccc(CN(C)C2CCN(c3ccc(-n4cccn4)cc3)CC2)n1. The minimum absolute atomic E-state index is 0.618. The first kappa shape index (κ1) is 17.7. The molecule has 0 N–H and O–H groups in total. The molecule has 1 aromatic carbocycles. The fraction of sp³-hybridized carbons (Fsp3) is 0.364. The van der Waals surface area contributed by atoms with Crippen molar-refractivity contribution in [2.24, 2.45) is 0 Å². The highest BCUT2D eigenvalue weighted by molar-refractivity contribution is 5.51. The third-order valence-electron chi connectivity index (χ3n) is 5.43. The first-order valence-electron chi connectivity index (χ1n) is 9.67. The highest BCUT2D eigenvalue weighted by Crippen LogP contribution is 2.24. The largest absolute Gasteiger partial charge is 0.371 e. The van der Waals surface area contributed by atoms with Crippen LogP contribution in [0.5, 0.6) is 0 Å². The van der Waals surface area contributed by atoms with E-state index in [0.29, 0.717) is 6.04 Å². The van der Waals surface area contributed by atoms with Crippen LogP contribution in [0.15, 0.2) is 60.9 Å². The third kappa shape index (κ3) is 4.19. The molecule has 0 unspecified atom stereocenters. The number of anilines is 1. The lowest BCUT2D eigenvalue weighted by molar-refractivity contribution is 0.198. The molecule has 1 fully saturated rings. The van der Waals surface area contributed by atoms with Crippen molar-refractivity contribution in [1.29, 1.82) is 0 Å². The molecule has 0 aliphatic carbocycles. The van der Waals surface area contributed by atoms with Crippen LogP contribution in [0.3, 0.4) is 0 Å². The molecule has 2 aromatic heterocycles. The van der Waals surface area contributed by atoms with Gasteiger partial charge in [-0.1, -0.05) is 6.07 Å². The summed E-state index contributed by atoms with van der Waals surface area (Å²) in [6, 6.07) is 17.5. The van der Waals surface area contributed by atoms with Crippen molar-refractivity contribution in [2.75, 3.05) is 25.0 Å². The number of nitrogens with zero attached hydrogens (tertiary/aromatic N) is 5. The van der Waals surface area contributed by atoms with Gasteiger partial charge in [0.15, 0.2) is 0 Å². The monoisotopic (exact) mass is 361 g/mol. The highest BCUT2D eigenvalue weighted by Gasteiger charge is 2.23. The average molecular weight is 361 g/mol. The lowest BCUT2D eigenvalue weighted by Gasteiger charge is -2.37. The smallest absolute Gasteiger partial charge is 0.0647 e. The Bertz CT molecular complexity index is 849. The van der Waals surface area contributed by atoms with Gasteiger partial charge in [-0.25, -0.2) is 4.68 Å². The molecule has 1 saturated heterocycles. The molecular weight excluding hydrogens is 334 g/mol. The van der Waals surface area contributed by atoms with Gasteiger partial charge < -0.3 is 4.90 Å². The third-order valence-corrected chi connectivity index (χ3v) is 5.43. The van der Waals surface area contributed by atoms with Crippen LogP contribution in [0, 0.1) is 6.92 Å². The Kier molecular flexibility index (Phi) is 5.21. The molecule has 5 heteroatoms. The highest BCUT2D eigenvalue weighted by atomic mass is 15.3. The molecule has 5 nitrogen and oxygen atoms in total. The van der Waals surface area contributed by atoms with Crippen LogP contribution in [0.4, 0.5) is 5.69 Å². The Morgan fingerprint density at radius 3 is 2.41 bits per heavy atom. The van der Waals surface area contributed by atoms with Crippen LogP contribution in [-0.2, 0) is 6.54 Å². The quantitative estimate of drug-likeness (QED) is 0.695. The van der Waals surface area contributed by atoms with E-state index >= 15 is 0 Å². The van der Waals surface area contributed by atoms with Gasteiger partial charge in [0.05, 0.1) is 11.4 Å². The predicted molar refractivity (Wildman–Crippen MR) is 109 cm³/mol. The number of hydrogen-bond acceptors (Lipinski definition) is 4. The molecule has 3 aromatic rings. The van der Waals surface area contributed by atoms with Crippen LogP contribution >= 0.6 is 0 Å². The maximum Gasteiger partial charge on any atom is 0.0647 e. The van der Waals surface area contributed by atoms with E-state index in [4.69, 9.17) is 0 Å². The Hall–Kier alpha value is -2.66. The van der Waals surface area contributed by atoms with Crippen molar-refractivity contribution in [3.63, 3.8) is 0 Å². The van der Waals surface area contributed by atoms with Crippen molar-refractivity contribution in [2.45, 2.75) is 32.4 Å². The second-order valence-corrected chi connectivity index (χ2v) is 7.37. The van der Waals surface area contributed by atoms with E-state index in [-0.39, 0.29) is 0 Å². The summed E-state index contributed by atoms with van der Waals surface area (Å²) in [7, 11) is 2.23. The fourth-order valence-electron chi connectivity index (χ4n) is 3.87. The zero-order valence-electron chi connectivity index (χ0n) is 16.1. The number of rotatable bonds is 5. The summed E-state index contributed by atoms with van der Waals surface area (Å²) in [5.41, 5.74) is 4.65. The number of pyridine rings is 1. The van der Waals surface area contributed by atoms with E-state index in [2.05, 4.69) is 76.3 Å². The number of aryl methyl sites for hydroxylation is 1. The first-order chi connectivity index (χ1) is 13.2. The standard InChI is InChI=1S/C22H27N5/c1-18-5-3-6-19(24-18)17-25(2)20-11-15-26(16-12-20)21-7-9-22(10-8-21)27-14-4-13-23-27/h3-10,13-14,20H,11-12,15-17H2,1-2H3. The summed E-state index contributed by atoms with van der Waals surface area (Å²) >= 11 is 0. The van der Waals surface area contributed by atoms with Crippen LogP contribution in [0.1, 0.15) is 24.2 Å². The van der Waals surface area contributed by atoms with Gasteiger partial charge in [0.2, 0.25) is 0 Å². The molecule has 4 rings (SSSR count). The summed E-state index contributed by atoms with van der Waals surface area (Å²) in [5.74, 6) is 0. The van der Waals surface area contributed by atoms with Gasteiger partial charge in [0.25, 0.3) is 0 Å². The lowest BCUT2D eigenvalue weighted by atomic mass is 10.0. The molecule has 140 valence electrons.